The number of aryl methyl sites for hydroxylation is 1. The number of nitrogens with one attached hydrogen (secondary N) is 1. The minimum Gasteiger partial charge on any atom is -0.508 e. The van der Waals surface area contributed by atoms with Crippen molar-refractivity contribution in [2.24, 2.45) is 10.8 Å². The van der Waals surface area contributed by atoms with Crippen molar-refractivity contribution in [3.63, 3.8) is 0 Å². The number of aromatic amines is 1. The molecular weight excluding hydrogens is 418 g/mol. The minimum atomic E-state index is -0.463. The van der Waals surface area contributed by atoms with Crippen LogP contribution in [0.2, 0.25) is 0 Å². The molecule has 33 heavy (non-hydrogen) atoms. The minimum absolute atomic E-state index is 0.0626. The van der Waals surface area contributed by atoms with E-state index in [2.05, 4.69) is 36.0 Å². The zero-order chi connectivity index (χ0) is 23.5. The Kier molecular flexibility index (Phi) is 4.99. The number of fused-ring (bicyclic) bond motifs is 3. The highest BCUT2D eigenvalue weighted by Gasteiger charge is 2.56. The van der Waals surface area contributed by atoms with Crippen LogP contribution in [0.25, 0.3) is 22.3 Å². The topological polar surface area (TPSA) is 106 Å². The Morgan fingerprint density at radius 3 is 2.39 bits per heavy atom. The molecule has 2 aliphatic rings. The zero-order valence-corrected chi connectivity index (χ0v) is 19.6. The van der Waals surface area contributed by atoms with E-state index in [9.17, 15) is 15.0 Å². The monoisotopic (exact) mass is 449 g/mol. The summed E-state index contributed by atoms with van der Waals surface area (Å²) in [6.07, 6.45) is 0.242. The van der Waals surface area contributed by atoms with Crippen molar-refractivity contribution in [1.82, 2.24) is 25.0 Å². The Morgan fingerprint density at radius 2 is 1.79 bits per heavy atom. The summed E-state index contributed by atoms with van der Waals surface area (Å²) in [4.78, 5) is 22.9. The number of phenols is 1. The molecule has 2 fully saturated rings. The molecule has 2 unspecified atom stereocenters. The number of carbonyl (C=O) groups excluding carboxylic acids is 1. The summed E-state index contributed by atoms with van der Waals surface area (Å²) in [5.74, 6) is 0.112. The zero-order valence-electron chi connectivity index (χ0n) is 19.6. The third-order valence-electron chi connectivity index (χ3n) is 7.32. The van der Waals surface area contributed by atoms with Gasteiger partial charge in [0.1, 0.15) is 5.75 Å². The highest BCUT2D eigenvalue weighted by atomic mass is 16.3. The fraction of sp³-hybridized carbons (Fsp3) is 0.480. The molecule has 1 aromatic carbocycles. The largest absolute Gasteiger partial charge is 0.508 e. The molecule has 3 N–H and O–H groups in total. The molecule has 2 aromatic heterocycles. The van der Waals surface area contributed by atoms with Gasteiger partial charge in [-0.25, -0.2) is 4.98 Å². The summed E-state index contributed by atoms with van der Waals surface area (Å²) in [6.45, 7) is 8.63. The van der Waals surface area contributed by atoms with Crippen LogP contribution in [0, 0.1) is 10.8 Å². The van der Waals surface area contributed by atoms with Crippen LogP contribution in [-0.4, -0.2) is 80.4 Å². The molecule has 4 heterocycles. The van der Waals surface area contributed by atoms with E-state index >= 15 is 0 Å². The standard InChI is InChI=1S/C25H31N5O3/c1-5-18-20-17(10-19(26-21(20)28-27-18)15-6-8-16(31)9-7-15)22(32)30-13-24(2)11-29(4)12-25(3,14-30)23(24)33/h6-10,23,31,33H,5,11-14H2,1-4H3,(H,26,27,28)/t23?,24-,25?/m0/s1. The molecule has 2 saturated heterocycles. The normalized spacial score (nSPS) is 27.8. The van der Waals surface area contributed by atoms with Gasteiger partial charge < -0.3 is 20.0 Å². The molecule has 8 nitrogen and oxygen atoms in total. The first-order chi connectivity index (χ1) is 15.6. The van der Waals surface area contributed by atoms with E-state index in [0.29, 0.717) is 36.4 Å². The molecule has 2 bridgehead atoms. The van der Waals surface area contributed by atoms with Crippen LogP contribution in [0.1, 0.15) is 36.8 Å². The third kappa shape index (κ3) is 3.48. The van der Waals surface area contributed by atoms with Crippen LogP contribution in [0.5, 0.6) is 5.75 Å². The molecule has 0 aliphatic carbocycles. The number of amides is 1. The number of benzene rings is 1. The Balaban J connectivity index is 1.61. The number of aromatic nitrogens is 3. The number of aliphatic hydroxyl groups is 1. The number of hydrogen-bond donors (Lipinski definition) is 3. The van der Waals surface area contributed by atoms with E-state index in [1.165, 1.54) is 0 Å². The Morgan fingerprint density at radius 1 is 1.15 bits per heavy atom. The third-order valence-corrected chi connectivity index (χ3v) is 7.32. The molecular formula is C25H31N5O3. The number of phenolic OH excluding ortho intramolecular Hbond substituents is 1. The van der Waals surface area contributed by atoms with E-state index in [-0.39, 0.29) is 11.7 Å². The van der Waals surface area contributed by atoms with Crippen molar-refractivity contribution in [3.05, 3.63) is 41.6 Å². The second-order valence-electron chi connectivity index (χ2n) is 10.4. The van der Waals surface area contributed by atoms with Crippen molar-refractivity contribution in [2.45, 2.75) is 33.3 Å². The number of H-pyrrole nitrogens is 1. The predicted molar refractivity (Wildman–Crippen MR) is 126 cm³/mol. The van der Waals surface area contributed by atoms with Gasteiger partial charge in [0.05, 0.1) is 22.7 Å². The number of hydrogen-bond acceptors (Lipinski definition) is 6. The van der Waals surface area contributed by atoms with Gasteiger partial charge >= 0.3 is 0 Å². The van der Waals surface area contributed by atoms with Gasteiger partial charge in [0.15, 0.2) is 5.65 Å². The summed E-state index contributed by atoms with van der Waals surface area (Å²) in [5, 5.41) is 29.0. The van der Waals surface area contributed by atoms with E-state index in [1.54, 1.807) is 24.3 Å². The first kappa shape index (κ1) is 21.9. The van der Waals surface area contributed by atoms with Gasteiger partial charge in [-0.2, -0.15) is 5.10 Å². The maximum Gasteiger partial charge on any atom is 0.254 e. The SMILES string of the molecule is CCc1[nH]nc2nc(-c3ccc(O)cc3)cc(C(=O)N3CC4(C)CN(C)C[C@@](C)(C3)C4O)c12. The maximum absolute atomic E-state index is 14.0. The number of likely N-dealkylation sites (tertiary alicyclic amines) is 2. The highest BCUT2D eigenvalue weighted by Crippen LogP contribution is 2.46. The van der Waals surface area contributed by atoms with Crippen LogP contribution in [0.3, 0.4) is 0 Å². The summed E-state index contributed by atoms with van der Waals surface area (Å²) < 4.78 is 0. The Labute approximate surface area is 193 Å². The van der Waals surface area contributed by atoms with Gasteiger partial charge in [-0.05, 0) is 43.8 Å². The number of rotatable bonds is 3. The summed E-state index contributed by atoms with van der Waals surface area (Å²) >= 11 is 0. The van der Waals surface area contributed by atoms with Crippen molar-refractivity contribution < 1.29 is 15.0 Å². The van der Waals surface area contributed by atoms with Crippen molar-refractivity contribution in [1.29, 1.82) is 0 Å². The highest BCUT2D eigenvalue weighted by molar-refractivity contribution is 6.07. The Hall–Kier alpha value is -2.97. The Bertz CT molecular complexity index is 1200. The lowest BCUT2D eigenvalue weighted by atomic mass is 9.63. The van der Waals surface area contributed by atoms with Gasteiger partial charge in [0, 0.05) is 48.3 Å². The molecule has 1 amide bonds. The van der Waals surface area contributed by atoms with Gasteiger partial charge in [-0.15, -0.1) is 0 Å². The van der Waals surface area contributed by atoms with E-state index in [1.807, 2.05) is 17.9 Å². The number of aliphatic hydroxyl groups excluding tert-OH is 1. The lowest BCUT2D eigenvalue weighted by Gasteiger charge is -2.59. The smallest absolute Gasteiger partial charge is 0.254 e. The number of carbonyl (C=O) groups is 1. The molecule has 3 aromatic rings. The molecule has 174 valence electrons. The van der Waals surface area contributed by atoms with Crippen LogP contribution >= 0.6 is 0 Å². The quantitative estimate of drug-likeness (QED) is 0.568. The van der Waals surface area contributed by atoms with Crippen LogP contribution in [0.15, 0.2) is 30.3 Å². The molecule has 3 atom stereocenters. The summed E-state index contributed by atoms with van der Waals surface area (Å²) in [7, 11) is 2.08. The molecule has 0 spiro atoms. The summed E-state index contributed by atoms with van der Waals surface area (Å²) in [6, 6.07) is 8.62. The van der Waals surface area contributed by atoms with Crippen molar-refractivity contribution in [3.8, 4) is 17.0 Å². The maximum atomic E-state index is 14.0. The van der Waals surface area contributed by atoms with Gasteiger partial charge in [0.25, 0.3) is 5.91 Å². The van der Waals surface area contributed by atoms with E-state index < -0.39 is 16.9 Å². The van der Waals surface area contributed by atoms with Crippen molar-refractivity contribution in [2.75, 3.05) is 33.2 Å². The van der Waals surface area contributed by atoms with Crippen LogP contribution < -0.4 is 0 Å². The average Bonchev–Trinajstić information content (AvgIpc) is 3.18. The second-order valence-corrected chi connectivity index (χ2v) is 10.4. The molecule has 8 heteroatoms. The fourth-order valence-corrected chi connectivity index (χ4v) is 6.11. The molecule has 5 rings (SSSR count). The lowest BCUT2D eigenvalue weighted by molar-refractivity contribution is -0.161. The second kappa shape index (κ2) is 7.53. The van der Waals surface area contributed by atoms with E-state index in [0.717, 1.165) is 29.7 Å². The molecule has 0 saturated carbocycles. The van der Waals surface area contributed by atoms with Crippen LogP contribution in [0.4, 0.5) is 0 Å². The number of piperidine rings is 2. The molecule has 2 aliphatic heterocycles. The number of pyridine rings is 1. The van der Waals surface area contributed by atoms with Crippen LogP contribution in [-0.2, 0) is 6.42 Å². The van der Waals surface area contributed by atoms with Gasteiger partial charge in [0.2, 0.25) is 0 Å². The molecule has 0 radical (unpaired) electrons. The first-order valence-electron chi connectivity index (χ1n) is 11.5. The van der Waals surface area contributed by atoms with E-state index in [4.69, 9.17) is 4.98 Å². The summed E-state index contributed by atoms with van der Waals surface area (Å²) in [5.41, 5.74) is 2.61. The fourth-order valence-electron chi connectivity index (χ4n) is 6.11. The van der Waals surface area contributed by atoms with Gasteiger partial charge in [-0.1, -0.05) is 20.8 Å². The van der Waals surface area contributed by atoms with Gasteiger partial charge in [-0.3, -0.25) is 9.89 Å². The number of aromatic hydroxyl groups is 1. The lowest BCUT2D eigenvalue weighted by Crippen LogP contribution is -2.70. The van der Waals surface area contributed by atoms with Crippen molar-refractivity contribution >= 4 is 16.9 Å². The predicted octanol–water partition coefficient (Wildman–Crippen LogP) is 2.67. The number of nitrogens with zero attached hydrogens (tertiary/aromatic N) is 4. The average molecular weight is 450 g/mol. The first-order valence-corrected chi connectivity index (χ1v) is 11.5.